The van der Waals surface area contributed by atoms with Gasteiger partial charge in [0.15, 0.2) is 5.82 Å². The number of piperidine rings is 1. The van der Waals surface area contributed by atoms with Gasteiger partial charge < -0.3 is 4.90 Å². The van der Waals surface area contributed by atoms with Gasteiger partial charge in [-0.1, -0.05) is 30.3 Å². The number of hydrogen-bond donors (Lipinski definition) is 0. The molecule has 1 aromatic carbocycles. The second-order valence-corrected chi connectivity index (χ2v) is 8.64. The van der Waals surface area contributed by atoms with Crippen molar-refractivity contribution in [3.8, 4) is 11.4 Å². The summed E-state index contributed by atoms with van der Waals surface area (Å²) < 4.78 is 1.85. The van der Waals surface area contributed by atoms with Crippen LogP contribution >= 0.6 is 0 Å². The zero-order valence-electron chi connectivity index (χ0n) is 18.9. The van der Waals surface area contributed by atoms with Crippen LogP contribution in [0.25, 0.3) is 22.2 Å². The van der Waals surface area contributed by atoms with Gasteiger partial charge in [0.05, 0.1) is 5.69 Å². The molecule has 7 nitrogen and oxygen atoms in total. The average Bonchev–Trinajstić information content (AvgIpc) is 3.25. The van der Waals surface area contributed by atoms with Crippen LogP contribution in [0.2, 0.25) is 0 Å². The van der Waals surface area contributed by atoms with Gasteiger partial charge in [-0.15, -0.1) is 10.2 Å². The van der Waals surface area contributed by atoms with Crippen molar-refractivity contribution in [2.75, 3.05) is 25.0 Å². The summed E-state index contributed by atoms with van der Waals surface area (Å²) in [7, 11) is 4.17. The van der Waals surface area contributed by atoms with Crippen LogP contribution in [0.5, 0.6) is 0 Å². The number of hydrogen-bond acceptors (Lipinski definition) is 6. The van der Waals surface area contributed by atoms with Crippen molar-refractivity contribution >= 4 is 16.6 Å². The van der Waals surface area contributed by atoms with E-state index in [0.717, 1.165) is 66.1 Å². The minimum atomic E-state index is 0.554. The number of aryl methyl sites for hydroxylation is 2. The highest BCUT2D eigenvalue weighted by atomic mass is 15.3. The summed E-state index contributed by atoms with van der Waals surface area (Å²) in [6.07, 6.45) is 5.88. The Morgan fingerprint density at radius 3 is 2.47 bits per heavy atom. The van der Waals surface area contributed by atoms with Gasteiger partial charge in [0, 0.05) is 61.6 Å². The van der Waals surface area contributed by atoms with E-state index in [1.807, 2.05) is 30.1 Å². The highest BCUT2D eigenvalue weighted by Gasteiger charge is 2.25. The van der Waals surface area contributed by atoms with Crippen LogP contribution in [-0.2, 0) is 13.6 Å². The van der Waals surface area contributed by atoms with E-state index in [0.29, 0.717) is 6.04 Å². The number of benzene rings is 1. The fourth-order valence-corrected chi connectivity index (χ4v) is 4.72. The largest absolute Gasteiger partial charge is 0.354 e. The Hall–Kier alpha value is -3.32. The summed E-state index contributed by atoms with van der Waals surface area (Å²) in [6, 6.07) is 15.2. The SMILES string of the molecule is Cc1ncccc1CN(C)C1CCN(c2nnc(-c3ccnn3C)c3ccccc23)CC1. The fourth-order valence-electron chi connectivity index (χ4n) is 4.72. The predicted molar refractivity (Wildman–Crippen MR) is 127 cm³/mol. The minimum Gasteiger partial charge on any atom is -0.354 e. The normalized spacial score (nSPS) is 15.1. The first-order valence-corrected chi connectivity index (χ1v) is 11.2. The molecule has 0 unspecified atom stereocenters. The smallest absolute Gasteiger partial charge is 0.159 e. The molecule has 5 rings (SSSR count). The molecule has 0 radical (unpaired) electrons. The maximum atomic E-state index is 4.69. The Labute approximate surface area is 188 Å². The van der Waals surface area contributed by atoms with Crippen molar-refractivity contribution in [2.45, 2.75) is 32.4 Å². The molecule has 0 atom stereocenters. The predicted octanol–water partition coefficient (Wildman–Crippen LogP) is 3.83. The molecule has 0 bridgehead atoms. The summed E-state index contributed by atoms with van der Waals surface area (Å²) >= 11 is 0. The average molecular weight is 428 g/mol. The van der Waals surface area contributed by atoms with Crippen LogP contribution < -0.4 is 4.90 Å². The first kappa shape index (κ1) is 20.6. The van der Waals surface area contributed by atoms with Gasteiger partial charge in [-0.05, 0) is 44.5 Å². The molecule has 1 saturated heterocycles. The zero-order valence-corrected chi connectivity index (χ0v) is 18.9. The van der Waals surface area contributed by atoms with E-state index >= 15 is 0 Å². The van der Waals surface area contributed by atoms with E-state index in [1.165, 1.54) is 5.56 Å². The molecule has 4 aromatic rings. The lowest BCUT2D eigenvalue weighted by Crippen LogP contribution is -2.43. The Morgan fingerprint density at radius 1 is 0.969 bits per heavy atom. The van der Waals surface area contributed by atoms with E-state index in [2.05, 4.69) is 74.4 Å². The van der Waals surface area contributed by atoms with Crippen LogP contribution in [0, 0.1) is 6.92 Å². The molecule has 0 spiro atoms. The fraction of sp³-hybridized carbons (Fsp3) is 0.360. The molecule has 0 amide bonds. The number of fused-ring (bicyclic) bond motifs is 1. The van der Waals surface area contributed by atoms with Gasteiger partial charge in [-0.25, -0.2) is 0 Å². The van der Waals surface area contributed by atoms with Gasteiger partial charge >= 0.3 is 0 Å². The summed E-state index contributed by atoms with van der Waals surface area (Å²) in [5, 5.41) is 15.9. The molecular formula is C25H29N7. The molecule has 3 aromatic heterocycles. The molecule has 7 heteroatoms. The second kappa shape index (κ2) is 8.67. The summed E-state index contributed by atoms with van der Waals surface area (Å²) in [5.41, 5.74) is 4.28. The van der Waals surface area contributed by atoms with Crippen LogP contribution in [0.1, 0.15) is 24.1 Å². The van der Waals surface area contributed by atoms with Crippen molar-refractivity contribution in [1.29, 1.82) is 0 Å². The second-order valence-electron chi connectivity index (χ2n) is 8.64. The number of rotatable bonds is 5. The van der Waals surface area contributed by atoms with Gasteiger partial charge in [0.1, 0.15) is 5.69 Å². The van der Waals surface area contributed by atoms with E-state index in [4.69, 9.17) is 0 Å². The van der Waals surface area contributed by atoms with Gasteiger partial charge in [-0.3, -0.25) is 14.6 Å². The molecule has 4 heterocycles. The third-order valence-corrected chi connectivity index (χ3v) is 6.65. The van der Waals surface area contributed by atoms with E-state index < -0.39 is 0 Å². The maximum Gasteiger partial charge on any atom is 0.159 e. The summed E-state index contributed by atoms with van der Waals surface area (Å²) in [6.45, 7) is 4.98. The van der Waals surface area contributed by atoms with Crippen LogP contribution in [0.4, 0.5) is 5.82 Å². The molecule has 0 saturated carbocycles. The first-order chi connectivity index (χ1) is 15.6. The number of nitrogens with zero attached hydrogens (tertiary/aromatic N) is 7. The Balaban J connectivity index is 1.34. The van der Waals surface area contributed by atoms with E-state index in [-0.39, 0.29) is 0 Å². The van der Waals surface area contributed by atoms with Gasteiger partial charge in [0.2, 0.25) is 0 Å². The monoisotopic (exact) mass is 427 g/mol. The molecule has 32 heavy (non-hydrogen) atoms. The highest BCUT2D eigenvalue weighted by molar-refractivity contribution is 5.99. The van der Waals surface area contributed by atoms with Crippen molar-refractivity contribution in [3.05, 3.63) is 66.1 Å². The standard InChI is InChI=1S/C25H29N7/c1-18-19(7-6-13-26-18)17-30(2)20-11-15-32(16-12-20)25-22-9-5-4-8-21(22)24(28-29-25)23-10-14-27-31(23)3/h4-10,13-14,20H,11-12,15-17H2,1-3H3. The van der Waals surface area contributed by atoms with Crippen molar-refractivity contribution in [2.24, 2.45) is 7.05 Å². The zero-order chi connectivity index (χ0) is 22.1. The van der Waals surface area contributed by atoms with E-state index in [1.54, 1.807) is 6.20 Å². The Bertz CT molecular complexity index is 1220. The van der Waals surface area contributed by atoms with Gasteiger partial charge in [-0.2, -0.15) is 5.10 Å². The first-order valence-electron chi connectivity index (χ1n) is 11.2. The minimum absolute atomic E-state index is 0.554. The van der Waals surface area contributed by atoms with Crippen molar-refractivity contribution < 1.29 is 0 Å². The molecular weight excluding hydrogens is 398 g/mol. The molecule has 1 aliphatic heterocycles. The molecule has 164 valence electrons. The number of pyridine rings is 1. The lowest BCUT2D eigenvalue weighted by Gasteiger charge is -2.37. The third-order valence-electron chi connectivity index (χ3n) is 6.65. The molecule has 0 aliphatic carbocycles. The van der Waals surface area contributed by atoms with Crippen molar-refractivity contribution in [3.63, 3.8) is 0 Å². The third kappa shape index (κ3) is 3.84. The quantitative estimate of drug-likeness (QED) is 0.482. The lowest BCUT2D eigenvalue weighted by molar-refractivity contribution is 0.199. The van der Waals surface area contributed by atoms with Crippen LogP contribution in [0.15, 0.2) is 54.9 Å². The highest BCUT2D eigenvalue weighted by Crippen LogP contribution is 2.32. The maximum absolute atomic E-state index is 4.69. The van der Waals surface area contributed by atoms with Crippen LogP contribution in [-0.4, -0.2) is 56.0 Å². The summed E-state index contributed by atoms with van der Waals surface area (Å²) in [5.74, 6) is 0.982. The lowest BCUT2D eigenvalue weighted by atomic mass is 10.0. The molecule has 1 fully saturated rings. The van der Waals surface area contributed by atoms with Gasteiger partial charge in [0.25, 0.3) is 0 Å². The summed E-state index contributed by atoms with van der Waals surface area (Å²) in [4.78, 5) is 9.29. The number of anilines is 1. The van der Waals surface area contributed by atoms with Crippen LogP contribution in [0.3, 0.4) is 0 Å². The number of aromatic nitrogens is 5. The van der Waals surface area contributed by atoms with Crippen molar-refractivity contribution in [1.82, 2.24) is 29.9 Å². The molecule has 0 N–H and O–H groups in total. The Morgan fingerprint density at radius 2 is 1.75 bits per heavy atom. The molecule has 1 aliphatic rings. The topological polar surface area (TPSA) is 63.0 Å². The Kier molecular flexibility index (Phi) is 5.57. The van der Waals surface area contributed by atoms with E-state index in [9.17, 15) is 0 Å².